The Morgan fingerprint density at radius 2 is 1.57 bits per heavy atom. The Bertz CT molecular complexity index is 552. The molecular weight excluding hydrogens is 310 g/mol. The molecule has 1 aromatic carbocycles. The summed E-state index contributed by atoms with van der Waals surface area (Å²) in [5, 5.41) is 33.0. The van der Waals surface area contributed by atoms with Gasteiger partial charge in [0.15, 0.2) is 5.03 Å². The van der Waals surface area contributed by atoms with Crippen LogP contribution in [-0.4, -0.2) is 32.2 Å². The first kappa shape index (κ1) is 18.2. The lowest BCUT2D eigenvalue weighted by atomic mass is 10.1. The van der Waals surface area contributed by atoms with Crippen molar-refractivity contribution in [3.05, 3.63) is 66.2 Å². The minimum Gasteiger partial charge on any atom is -0.330 e. The molecule has 2 N–H and O–H groups in total. The van der Waals surface area contributed by atoms with Crippen molar-refractivity contribution in [1.82, 2.24) is 5.01 Å². The minimum atomic E-state index is -3.03. The Morgan fingerprint density at radius 3 is 2.00 bits per heavy atom. The van der Waals surface area contributed by atoms with E-state index in [1.54, 1.807) is 18.2 Å². The molecule has 0 radical (unpaired) electrons. The molecule has 11 nitrogen and oxygen atoms in total. The van der Waals surface area contributed by atoms with Crippen LogP contribution in [0.25, 0.3) is 0 Å². The summed E-state index contributed by atoms with van der Waals surface area (Å²) >= 11 is 0. The molecule has 0 fully saturated rings. The molecule has 0 bridgehead atoms. The summed E-state index contributed by atoms with van der Waals surface area (Å²) in [6, 6.07) is 7.83. The van der Waals surface area contributed by atoms with Crippen molar-refractivity contribution < 1.29 is 14.9 Å². The molecule has 1 rings (SSSR count). The Kier molecular flexibility index (Phi) is 6.33. The highest BCUT2D eigenvalue weighted by Gasteiger charge is 2.67. The molecule has 0 saturated carbocycles. The molecule has 0 aromatic heterocycles. The number of unbranched alkanes of at least 4 members (excludes halogenated alkanes) is 1. The third kappa shape index (κ3) is 4.10. The quantitative estimate of drug-likeness (QED) is 0.288. The zero-order chi connectivity index (χ0) is 17.5. The molecule has 0 heterocycles. The third-order valence-corrected chi connectivity index (χ3v) is 3.34. The largest absolute Gasteiger partial charge is 0.590 e. The van der Waals surface area contributed by atoms with E-state index in [1.165, 1.54) is 12.1 Å². The van der Waals surface area contributed by atoms with E-state index in [4.69, 9.17) is 5.73 Å². The van der Waals surface area contributed by atoms with Gasteiger partial charge in [0, 0.05) is 5.01 Å². The number of hydrogen-bond acceptors (Lipinski definition) is 7. The van der Waals surface area contributed by atoms with Gasteiger partial charge in [-0.05, 0) is 24.9 Å². The van der Waals surface area contributed by atoms with Crippen molar-refractivity contribution in [2.24, 2.45) is 5.73 Å². The standard InChI is InChI=1S/C12H17N5O6/c13-9-5-4-8-12(15(18)19,16(20)21)14(17(22)23)10-11-6-2-1-3-7-11/h1-3,6-7H,4-5,8-10,13H2. The van der Waals surface area contributed by atoms with Crippen LogP contribution in [0.2, 0.25) is 0 Å². The molecule has 0 saturated heterocycles. The van der Waals surface area contributed by atoms with Gasteiger partial charge in [-0.15, -0.1) is 0 Å². The second kappa shape index (κ2) is 7.98. The molecule has 0 aliphatic heterocycles. The number of hydrogen-bond donors (Lipinski definition) is 1. The van der Waals surface area contributed by atoms with Gasteiger partial charge in [0.2, 0.25) is 0 Å². The highest BCUT2D eigenvalue weighted by atomic mass is 16.7. The van der Waals surface area contributed by atoms with Crippen LogP contribution in [-0.2, 0) is 6.54 Å². The number of nitrogens with zero attached hydrogens (tertiary/aromatic N) is 4. The molecule has 23 heavy (non-hydrogen) atoms. The van der Waals surface area contributed by atoms with E-state index in [1.807, 2.05) is 0 Å². The number of nitro groups is 3. The maximum atomic E-state index is 11.4. The zero-order valence-corrected chi connectivity index (χ0v) is 12.2. The molecule has 0 amide bonds. The minimum absolute atomic E-state index is 0.0254. The zero-order valence-electron chi connectivity index (χ0n) is 12.2. The summed E-state index contributed by atoms with van der Waals surface area (Å²) in [6.07, 6.45) is -0.296. The van der Waals surface area contributed by atoms with Crippen LogP contribution >= 0.6 is 0 Å². The van der Waals surface area contributed by atoms with Crippen LogP contribution in [0, 0.1) is 30.3 Å². The van der Waals surface area contributed by atoms with Gasteiger partial charge in [-0.3, -0.25) is 20.2 Å². The topological polar surface area (TPSA) is 159 Å². The molecule has 0 atom stereocenters. The summed E-state index contributed by atoms with van der Waals surface area (Å²) in [7, 11) is 0. The van der Waals surface area contributed by atoms with Gasteiger partial charge in [0.05, 0.1) is 0 Å². The van der Waals surface area contributed by atoms with Gasteiger partial charge < -0.3 is 5.73 Å². The Morgan fingerprint density at radius 1 is 1.00 bits per heavy atom. The second-order valence-electron chi connectivity index (χ2n) is 4.82. The lowest BCUT2D eigenvalue weighted by Crippen LogP contribution is -2.61. The Balaban J connectivity index is 3.23. The van der Waals surface area contributed by atoms with E-state index in [9.17, 15) is 30.3 Å². The SMILES string of the molecule is NCCCCC(N(Cc1ccccc1)[N+](=O)[O-])([N+](=O)[O-])[N+](=O)[O-]. The average Bonchev–Trinajstić information content (AvgIpc) is 2.50. The summed E-state index contributed by atoms with van der Waals surface area (Å²) < 4.78 is 0. The van der Waals surface area contributed by atoms with E-state index in [0.29, 0.717) is 12.0 Å². The maximum Gasteiger partial charge on any atom is 0.590 e. The van der Waals surface area contributed by atoms with Gasteiger partial charge in [-0.25, -0.2) is 10.1 Å². The Labute approximate surface area is 131 Å². The van der Waals surface area contributed by atoms with Crippen molar-refractivity contribution in [1.29, 1.82) is 0 Å². The maximum absolute atomic E-state index is 11.4. The summed E-state index contributed by atoms with van der Waals surface area (Å²) in [5.41, 5.74) is 5.64. The smallest absolute Gasteiger partial charge is 0.330 e. The van der Waals surface area contributed by atoms with Crippen LogP contribution in [0.5, 0.6) is 0 Å². The van der Waals surface area contributed by atoms with E-state index in [0.717, 1.165) is 0 Å². The van der Waals surface area contributed by atoms with Crippen LogP contribution in [0.1, 0.15) is 24.8 Å². The summed E-state index contributed by atoms with van der Waals surface area (Å²) in [4.78, 5) is 31.6. The van der Waals surface area contributed by atoms with Gasteiger partial charge in [0.25, 0.3) is 0 Å². The van der Waals surface area contributed by atoms with Gasteiger partial charge in [-0.1, -0.05) is 30.3 Å². The van der Waals surface area contributed by atoms with Gasteiger partial charge >= 0.3 is 5.79 Å². The van der Waals surface area contributed by atoms with Gasteiger partial charge in [-0.2, -0.15) is 0 Å². The summed E-state index contributed by atoms with van der Waals surface area (Å²) in [5.74, 6) is -3.03. The van der Waals surface area contributed by atoms with Crippen molar-refractivity contribution in [3.8, 4) is 0 Å². The normalized spacial score (nSPS) is 11.0. The monoisotopic (exact) mass is 327 g/mol. The van der Waals surface area contributed by atoms with Crippen LogP contribution < -0.4 is 5.73 Å². The molecule has 126 valence electrons. The fourth-order valence-electron chi connectivity index (χ4n) is 2.14. The molecule has 0 unspecified atom stereocenters. The number of rotatable bonds is 10. The Hall–Kier alpha value is -2.82. The van der Waals surface area contributed by atoms with Crippen LogP contribution in [0.15, 0.2) is 30.3 Å². The van der Waals surface area contributed by atoms with Gasteiger partial charge in [0.1, 0.15) is 22.8 Å². The summed E-state index contributed by atoms with van der Waals surface area (Å²) in [6.45, 7) is -0.374. The highest BCUT2D eigenvalue weighted by Crippen LogP contribution is 2.26. The molecule has 0 aliphatic rings. The van der Waals surface area contributed by atoms with Crippen LogP contribution in [0.4, 0.5) is 0 Å². The fourth-order valence-corrected chi connectivity index (χ4v) is 2.14. The van der Waals surface area contributed by atoms with Crippen LogP contribution in [0.3, 0.4) is 0 Å². The van der Waals surface area contributed by atoms with Crippen molar-refractivity contribution in [2.45, 2.75) is 31.6 Å². The molecule has 1 aromatic rings. The van der Waals surface area contributed by atoms with Crippen molar-refractivity contribution >= 4 is 0 Å². The van der Waals surface area contributed by atoms with E-state index in [-0.39, 0.29) is 18.0 Å². The van der Waals surface area contributed by atoms with E-state index in [2.05, 4.69) is 0 Å². The van der Waals surface area contributed by atoms with Crippen molar-refractivity contribution in [2.75, 3.05) is 6.54 Å². The lowest BCUT2D eigenvalue weighted by molar-refractivity contribution is -0.901. The predicted octanol–water partition coefficient (Wildman–Crippen LogP) is 1.02. The number of nitrogens with two attached hydrogens (primary N) is 1. The molecular formula is C12H17N5O6. The first-order chi connectivity index (χ1) is 10.9. The number of hydrazine groups is 1. The molecule has 0 aliphatic carbocycles. The number of benzene rings is 1. The average molecular weight is 327 g/mol. The first-order valence-electron chi connectivity index (χ1n) is 6.81. The van der Waals surface area contributed by atoms with E-state index >= 15 is 0 Å². The lowest BCUT2D eigenvalue weighted by Gasteiger charge is -2.22. The predicted molar refractivity (Wildman–Crippen MR) is 78.6 cm³/mol. The highest BCUT2D eigenvalue weighted by molar-refractivity contribution is 5.14. The van der Waals surface area contributed by atoms with Crippen molar-refractivity contribution in [3.63, 3.8) is 0 Å². The first-order valence-corrected chi connectivity index (χ1v) is 6.81. The fraction of sp³-hybridized carbons (Fsp3) is 0.500. The molecule has 0 spiro atoms. The molecule has 11 heteroatoms. The third-order valence-electron chi connectivity index (χ3n) is 3.34. The second-order valence-corrected chi connectivity index (χ2v) is 4.82. The van der Waals surface area contributed by atoms with E-state index < -0.39 is 33.6 Å².